The van der Waals surface area contributed by atoms with E-state index in [0.29, 0.717) is 48.9 Å². The van der Waals surface area contributed by atoms with E-state index in [1.54, 1.807) is 12.4 Å². The van der Waals surface area contributed by atoms with Crippen molar-refractivity contribution in [2.24, 2.45) is 0 Å². The average Bonchev–Trinajstić information content (AvgIpc) is 3.82. The van der Waals surface area contributed by atoms with Gasteiger partial charge >= 0.3 is 0 Å². The maximum absolute atomic E-state index is 13.1. The molecule has 0 aliphatic carbocycles. The Morgan fingerprint density at radius 3 is 1.34 bits per heavy atom. The van der Waals surface area contributed by atoms with Crippen LogP contribution in [-0.2, 0) is 25.9 Å². The maximum Gasteiger partial charge on any atom is 0.262 e. The normalized spacial score (nSPS) is 12.7. The number of rotatable bonds is 8. The standard InChI is InChI=1S/2C21H19N3O/c2*25-21(24-14-12-17-9-4-5-11-19(17)24)18-10-6-13-22-20(18)23-15-16-7-2-1-3-8-16/h2*1-11,13H,12,14-15H2,(H,22,23). The molecule has 0 saturated heterocycles. The molecule has 2 aliphatic heterocycles. The molecule has 248 valence electrons. The van der Waals surface area contributed by atoms with Gasteiger partial charge in [-0.3, -0.25) is 9.59 Å². The number of carbonyl (C=O) groups is 2. The van der Waals surface area contributed by atoms with Crippen LogP contribution in [0, 0.1) is 0 Å². The van der Waals surface area contributed by atoms with Gasteiger partial charge < -0.3 is 20.4 Å². The zero-order chi connectivity index (χ0) is 34.1. The van der Waals surface area contributed by atoms with Crippen LogP contribution in [0.3, 0.4) is 0 Å². The van der Waals surface area contributed by atoms with Gasteiger partial charge in [-0.1, -0.05) is 97.1 Å². The number of hydrogen-bond acceptors (Lipinski definition) is 6. The number of nitrogens with one attached hydrogen (secondary N) is 2. The summed E-state index contributed by atoms with van der Waals surface area (Å²) >= 11 is 0. The number of fused-ring (bicyclic) bond motifs is 2. The van der Waals surface area contributed by atoms with Crippen LogP contribution in [0.1, 0.15) is 43.0 Å². The minimum atomic E-state index is -0.00592. The second-order valence-electron chi connectivity index (χ2n) is 12.1. The van der Waals surface area contributed by atoms with Gasteiger partial charge in [-0.2, -0.15) is 0 Å². The third kappa shape index (κ3) is 7.24. The van der Waals surface area contributed by atoms with Gasteiger partial charge in [0.05, 0.1) is 11.1 Å². The molecule has 0 bridgehead atoms. The molecular weight excluding hydrogens is 621 g/mol. The lowest BCUT2D eigenvalue weighted by Crippen LogP contribution is -2.29. The van der Waals surface area contributed by atoms with E-state index in [9.17, 15) is 9.59 Å². The molecule has 8 rings (SSSR count). The first kappa shape index (κ1) is 32.3. The SMILES string of the molecule is O=C(c1cccnc1NCc1ccccc1)N1CCc2ccccc21.O=C(c1cccnc1NCc1ccccc1)N1CCc2ccccc21. The zero-order valence-corrected chi connectivity index (χ0v) is 27.7. The van der Waals surface area contributed by atoms with Crippen LogP contribution in [0.15, 0.2) is 146 Å². The second kappa shape index (κ2) is 15.3. The summed E-state index contributed by atoms with van der Waals surface area (Å²) in [4.78, 5) is 38.6. The summed E-state index contributed by atoms with van der Waals surface area (Å²) in [5.41, 5.74) is 7.97. The van der Waals surface area contributed by atoms with E-state index in [0.717, 1.165) is 35.3 Å². The Balaban J connectivity index is 0.000000157. The molecule has 0 unspecified atom stereocenters. The first-order valence-electron chi connectivity index (χ1n) is 16.9. The highest BCUT2D eigenvalue weighted by Gasteiger charge is 2.28. The first-order chi connectivity index (χ1) is 24.7. The smallest absolute Gasteiger partial charge is 0.262 e. The fourth-order valence-corrected chi connectivity index (χ4v) is 6.39. The van der Waals surface area contributed by atoms with Crippen LogP contribution < -0.4 is 20.4 Å². The van der Waals surface area contributed by atoms with E-state index in [1.807, 2.05) is 131 Å². The summed E-state index contributed by atoms with van der Waals surface area (Å²) < 4.78 is 0. The van der Waals surface area contributed by atoms with Crippen molar-refractivity contribution in [3.8, 4) is 0 Å². The Morgan fingerprint density at radius 1 is 0.500 bits per heavy atom. The van der Waals surface area contributed by atoms with Crippen molar-refractivity contribution in [1.29, 1.82) is 0 Å². The molecule has 8 nitrogen and oxygen atoms in total. The van der Waals surface area contributed by atoms with Crippen molar-refractivity contribution in [2.45, 2.75) is 25.9 Å². The van der Waals surface area contributed by atoms with Crippen molar-refractivity contribution in [3.05, 3.63) is 179 Å². The average molecular weight is 659 g/mol. The van der Waals surface area contributed by atoms with Crippen LogP contribution in [0.2, 0.25) is 0 Å². The minimum absolute atomic E-state index is 0.00592. The Morgan fingerprint density at radius 2 is 0.900 bits per heavy atom. The highest BCUT2D eigenvalue weighted by molar-refractivity contribution is 6.10. The molecule has 0 atom stereocenters. The lowest BCUT2D eigenvalue weighted by molar-refractivity contribution is 0.0982. The quantitative estimate of drug-likeness (QED) is 0.174. The highest BCUT2D eigenvalue weighted by atomic mass is 16.2. The zero-order valence-electron chi connectivity index (χ0n) is 27.7. The lowest BCUT2D eigenvalue weighted by atomic mass is 10.1. The number of anilines is 4. The molecule has 8 heteroatoms. The Kier molecular flexibility index (Phi) is 9.87. The van der Waals surface area contributed by atoms with E-state index < -0.39 is 0 Å². The fraction of sp³-hybridized carbons (Fsp3) is 0.143. The molecule has 2 amide bonds. The van der Waals surface area contributed by atoms with Crippen LogP contribution in [0.5, 0.6) is 0 Å². The van der Waals surface area contributed by atoms with Crippen molar-refractivity contribution in [2.75, 3.05) is 33.5 Å². The number of para-hydroxylation sites is 2. The van der Waals surface area contributed by atoms with Crippen molar-refractivity contribution < 1.29 is 9.59 Å². The predicted octanol–water partition coefficient (Wildman–Crippen LogP) is 7.79. The van der Waals surface area contributed by atoms with E-state index in [1.165, 1.54) is 11.1 Å². The monoisotopic (exact) mass is 658 g/mol. The van der Waals surface area contributed by atoms with Gasteiger partial charge in [0, 0.05) is 49.9 Å². The van der Waals surface area contributed by atoms with Crippen molar-refractivity contribution in [3.63, 3.8) is 0 Å². The van der Waals surface area contributed by atoms with Crippen LogP contribution in [0.4, 0.5) is 23.0 Å². The molecule has 0 saturated carbocycles. The van der Waals surface area contributed by atoms with E-state index in [-0.39, 0.29) is 11.8 Å². The summed E-state index contributed by atoms with van der Waals surface area (Å²) in [5.74, 6) is 1.24. The number of nitrogens with zero attached hydrogens (tertiary/aromatic N) is 4. The van der Waals surface area contributed by atoms with Gasteiger partial charge in [0.15, 0.2) is 0 Å². The molecular formula is C42H38N6O2. The summed E-state index contributed by atoms with van der Waals surface area (Å²) in [7, 11) is 0. The molecule has 2 N–H and O–H groups in total. The number of carbonyl (C=O) groups excluding carboxylic acids is 2. The van der Waals surface area contributed by atoms with Gasteiger partial charge in [-0.25, -0.2) is 9.97 Å². The Hall–Kier alpha value is -6.28. The number of amides is 2. The van der Waals surface area contributed by atoms with Crippen molar-refractivity contribution >= 4 is 34.8 Å². The Labute approximate surface area is 292 Å². The summed E-state index contributed by atoms with van der Waals surface area (Å²) in [5, 5.41) is 6.60. The number of benzene rings is 4. The maximum atomic E-state index is 13.1. The molecule has 0 spiro atoms. The van der Waals surface area contributed by atoms with Gasteiger partial charge in [0.2, 0.25) is 0 Å². The van der Waals surface area contributed by atoms with E-state index >= 15 is 0 Å². The second-order valence-corrected chi connectivity index (χ2v) is 12.1. The molecule has 0 fully saturated rings. The fourth-order valence-electron chi connectivity index (χ4n) is 6.39. The van der Waals surface area contributed by atoms with Crippen molar-refractivity contribution in [1.82, 2.24) is 9.97 Å². The predicted molar refractivity (Wildman–Crippen MR) is 200 cm³/mol. The summed E-state index contributed by atoms with van der Waals surface area (Å²) in [6.07, 6.45) is 5.22. The summed E-state index contributed by atoms with van der Waals surface area (Å²) in [6.45, 7) is 2.69. The molecule has 6 aromatic rings. The largest absolute Gasteiger partial charge is 0.365 e. The van der Waals surface area contributed by atoms with Gasteiger partial charge in [-0.05, 0) is 71.5 Å². The summed E-state index contributed by atoms with van der Waals surface area (Å²) in [6, 6.07) is 43.6. The minimum Gasteiger partial charge on any atom is -0.365 e. The number of pyridine rings is 2. The third-order valence-corrected chi connectivity index (χ3v) is 8.95. The van der Waals surface area contributed by atoms with E-state index in [4.69, 9.17) is 0 Å². The van der Waals surface area contributed by atoms with Gasteiger partial charge in [0.25, 0.3) is 11.8 Å². The molecule has 2 aliphatic rings. The molecule has 4 aromatic carbocycles. The topological polar surface area (TPSA) is 90.5 Å². The molecule has 50 heavy (non-hydrogen) atoms. The number of hydrogen-bond donors (Lipinski definition) is 2. The van der Waals surface area contributed by atoms with Crippen LogP contribution >= 0.6 is 0 Å². The van der Waals surface area contributed by atoms with Gasteiger partial charge in [-0.15, -0.1) is 0 Å². The van der Waals surface area contributed by atoms with Crippen LogP contribution in [0.25, 0.3) is 0 Å². The highest BCUT2D eigenvalue weighted by Crippen LogP contribution is 2.31. The Bertz CT molecular complexity index is 1940. The van der Waals surface area contributed by atoms with Crippen LogP contribution in [-0.4, -0.2) is 34.9 Å². The third-order valence-electron chi connectivity index (χ3n) is 8.95. The molecule has 2 aromatic heterocycles. The molecule has 0 radical (unpaired) electrons. The number of aromatic nitrogens is 2. The van der Waals surface area contributed by atoms with E-state index in [2.05, 4.69) is 32.7 Å². The lowest BCUT2D eigenvalue weighted by Gasteiger charge is -2.19. The first-order valence-corrected chi connectivity index (χ1v) is 16.9. The van der Waals surface area contributed by atoms with Gasteiger partial charge in [0.1, 0.15) is 11.6 Å². The molecule has 4 heterocycles.